The Morgan fingerprint density at radius 3 is 2.32 bits per heavy atom. The highest BCUT2D eigenvalue weighted by molar-refractivity contribution is 7.89. The lowest BCUT2D eigenvalue weighted by Gasteiger charge is -2.29. The van der Waals surface area contributed by atoms with Crippen molar-refractivity contribution < 1.29 is 13.2 Å². The molecule has 38 heavy (non-hydrogen) atoms. The highest BCUT2D eigenvalue weighted by atomic mass is 35.5. The standard InChI is InChI=1S/C27H27ClN6O3S/c1-29-38(35,36)23-7-3-5-20(15-23)32-26-17-27(31-18-30-26)33-21-8-9-25(28)24(16-21)19-4-2-6-22(14-19)34-10-12-37-13-11-34/h2-9,14-18,29H,10-13H2,1H3,(H2,30,31,32,33). The summed E-state index contributed by atoms with van der Waals surface area (Å²) >= 11 is 6.60. The van der Waals surface area contributed by atoms with Crippen molar-refractivity contribution in [2.45, 2.75) is 4.90 Å². The van der Waals surface area contributed by atoms with Gasteiger partial charge in [0.15, 0.2) is 0 Å². The molecule has 0 amide bonds. The van der Waals surface area contributed by atoms with Crippen molar-refractivity contribution in [1.29, 1.82) is 0 Å². The van der Waals surface area contributed by atoms with Crippen molar-refractivity contribution in [1.82, 2.24) is 14.7 Å². The summed E-state index contributed by atoms with van der Waals surface area (Å²) in [6.45, 7) is 3.16. The predicted molar refractivity (Wildman–Crippen MR) is 151 cm³/mol. The summed E-state index contributed by atoms with van der Waals surface area (Å²) in [7, 11) is -2.18. The Morgan fingerprint density at radius 2 is 1.58 bits per heavy atom. The molecule has 1 aliphatic heterocycles. The van der Waals surface area contributed by atoms with Gasteiger partial charge in [0.1, 0.15) is 18.0 Å². The number of nitrogens with one attached hydrogen (secondary N) is 3. The molecule has 3 aromatic carbocycles. The van der Waals surface area contributed by atoms with Crippen LogP contribution in [0.15, 0.2) is 84.0 Å². The molecule has 1 aliphatic rings. The third-order valence-corrected chi connectivity index (χ3v) is 7.87. The summed E-state index contributed by atoms with van der Waals surface area (Å²) in [5, 5.41) is 7.09. The van der Waals surface area contributed by atoms with Crippen molar-refractivity contribution in [3.8, 4) is 11.1 Å². The van der Waals surface area contributed by atoms with Crippen molar-refractivity contribution in [3.05, 3.63) is 84.1 Å². The Bertz CT molecular complexity index is 1540. The van der Waals surface area contributed by atoms with Crippen molar-refractivity contribution in [2.75, 3.05) is 48.9 Å². The summed E-state index contributed by atoms with van der Waals surface area (Å²) < 4.78 is 32.0. The van der Waals surface area contributed by atoms with Crippen LogP contribution < -0.4 is 20.3 Å². The van der Waals surface area contributed by atoms with Crippen molar-refractivity contribution >= 4 is 50.3 Å². The summed E-state index contributed by atoms with van der Waals surface area (Å²) in [6, 6.07) is 22.3. The van der Waals surface area contributed by atoms with E-state index in [-0.39, 0.29) is 4.90 Å². The van der Waals surface area contributed by atoms with Crippen LogP contribution in [0.3, 0.4) is 0 Å². The van der Waals surface area contributed by atoms with E-state index in [1.165, 1.54) is 25.5 Å². The van der Waals surface area contributed by atoms with Crippen molar-refractivity contribution in [2.24, 2.45) is 0 Å². The molecule has 9 nitrogen and oxygen atoms in total. The van der Waals surface area contributed by atoms with Crippen LogP contribution in [-0.4, -0.2) is 51.7 Å². The monoisotopic (exact) mass is 550 g/mol. The van der Waals surface area contributed by atoms with Gasteiger partial charge in [0.2, 0.25) is 10.0 Å². The SMILES string of the molecule is CNS(=O)(=O)c1cccc(Nc2cc(Nc3ccc(Cl)c(-c4cccc(N5CCOCC5)c4)c3)ncn2)c1. The quantitative estimate of drug-likeness (QED) is 0.280. The number of hydrogen-bond acceptors (Lipinski definition) is 8. The van der Waals surface area contributed by atoms with Crippen LogP contribution in [0.4, 0.5) is 28.7 Å². The lowest BCUT2D eigenvalue weighted by Crippen LogP contribution is -2.36. The van der Waals surface area contributed by atoms with Gasteiger partial charge in [0.05, 0.1) is 18.1 Å². The molecule has 3 N–H and O–H groups in total. The first-order chi connectivity index (χ1) is 18.4. The van der Waals surface area contributed by atoms with Gasteiger partial charge in [-0.15, -0.1) is 0 Å². The Balaban J connectivity index is 1.35. The summed E-state index contributed by atoms with van der Waals surface area (Å²) in [5.74, 6) is 1.07. The molecule has 0 saturated carbocycles. The number of anilines is 5. The minimum atomic E-state index is -3.56. The third-order valence-electron chi connectivity index (χ3n) is 6.12. The van der Waals surface area contributed by atoms with E-state index >= 15 is 0 Å². The number of rotatable bonds is 8. The number of aromatic nitrogens is 2. The van der Waals surface area contributed by atoms with Gasteiger partial charge in [0, 0.05) is 46.8 Å². The van der Waals surface area contributed by atoms with Gasteiger partial charge in [-0.25, -0.2) is 23.1 Å². The molecule has 0 aliphatic carbocycles. The Labute approximate surface area is 226 Å². The molecule has 196 valence electrons. The van der Waals surface area contributed by atoms with E-state index in [0.717, 1.165) is 48.8 Å². The average molecular weight is 551 g/mol. The summed E-state index contributed by atoms with van der Waals surface area (Å²) in [4.78, 5) is 11.1. The van der Waals surface area contributed by atoms with Gasteiger partial charge in [0.25, 0.3) is 0 Å². The minimum Gasteiger partial charge on any atom is -0.378 e. The molecule has 0 radical (unpaired) electrons. The van der Waals surface area contributed by atoms with Gasteiger partial charge < -0.3 is 20.3 Å². The van der Waals surface area contributed by atoms with E-state index in [0.29, 0.717) is 22.3 Å². The molecule has 1 saturated heterocycles. The first-order valence-corrected chi connectivity index (χ1v) is 13.9. The van der Waals surface area contributed by atoms with Gasteiger partial charge in [-0.1, -0.05) is 29.8 Å². The minimum absolute atomic E-state index is 0.156. The van der Waals surface area contributed by atoms with E-state index in [1.54, 1.807) is 18.2 Å². The van der Waals surface area contributed by atoms with Crippen LogP contribution in [-0.2, 0) is 14.8 Å². The van der Waals surface area contributed by atoms with Gasteiger partial charge in [-0.2, -0.15) is 0 Å². The maximum absolute atomic E-state index is 12.1. The fourth-order valence-electron chi connectivity index (χ4n) is 4.16. The maximum atomic E-state index is 12.1. The van der Waals surface area contributed by atoms with Crippen molar-refractivity contribution in [3.63, 3.8) is 0 Å². The average Bonchev–Trinajstić information content (AvgIpc) is 2.95. The molecule has 0 spiro atoms. The van der Waals surface area contributed by atoms with E-state index < -0.39 is 10.0 Å². The first kappa shape index (κ1) is 25.9. The second-order valence-corrected chi connectivity index (χ2v) is 10.9. The number of halogens is 1. The van der Waals surface area contributed by atoms with Gasteiger partial charge in [-0.05, 0) is 61.1 Å². The smallest absolute Gasteiger partial charge is 0.240 e. The number of benzene rings is 3. The second kappa shape index (κ2) is 11.4. The Hall–Kier alpha value is -3.70. The number of hydrogen-bond donors (Lipinski definition) is 3. The lowest BCUT2D eigenvalue weighted by molar-refractivity contribution is 0.122. The molecule has 0 bridgehead atoms. The van der Waals surface area contributed by atoms with Crippen LogP contribution >= 0.6 is 11.6 Å². The molecular weight excluding hydrogens is 524 g/mol. The van der Waals surface area contributed by atoms with Gasteiger partial charge in [-0.3, -0.25) is 0 Å². The molecular formula is C27H27ClN6O3S. The number of ether oxygens (including phenoxy) is 1. The van der Waals surface area contributed by atoms with Gasteiger partial charge >= 0.3 is 0 Å². The van der Waals surface area contributed by atoms with Crippen LogP contribution in [0.25, 0.3) is 11.1 Å². The maximum Gasteiger partial charge on any atom is 0.240 e. The number of sulfonamides is 1. The third kappa shape index (κ3) is 6.05. The van der Waals surface area contributed by atoms with Crippen LogP contribution in [0, 0.1) is 0 Å². The fourth-order valence-corrected chi connectivity index (χ4v) is 5.17. The lowest BCUT2D eigenvalue weighted by atomic mass is 10.0. The van der Waals surface area contributed by atoms with E-state index in [2.05, 4.69) is 42.4 Å². The largest absolute Gasteiger partial charge is 0.378 e. The molecule has 0 atom stereocenters. The van der Waals surface area contributed by atoms with Crippen LogP contribution in [0.5, 0.6) is 0 Å². The van der Waals surface area contributed by atoms with Crippen LogP contribution in [0.2, 0.25) is 5.02 Å². The Kier molecular flexibility index (Phi) is 7.75. The molecule has 2 heterocycles. The highest BCUT2D eigenvalue weighted by Gasteiger charge is 2.14. The normalized spacial score (nSPS) is 13.8. The highest BCUT2D eigenvalue weighted by Crippen LogP contribution is 2.34. The molecule has 1 aromatic heterocycles. The predicted octanol–water partition coefficient (Wildman–Crippen LogP) is 5.03. The molecule has 0 unspecified atom stereocenters. The Morgan fingerprint density at radius 1 is 0.868 bits per heavy atom. The van der Waals surface area contributed by atoms with E-state index in [4.69, 9.17) is 16.3 Å². The van der Waals surface area contributed by atoms with Crippen LogP contribution in [0.1, 0.15) is 0 Å². The summed E-state index contributed by atoms with van der Waals surface area (Å²) in [6.07, 6.45) is 1.43. The molecule has 5 rings (SSSR count). The van der Waals surface area contributed by atoms with E-state index in [1.807, 2.05) is 30.3 Å². The topological polar surface area (TPSA) is 108 Å². The zero-order valence-electron chi connectivity index (χ0n) is 20.7. The first-order valence-electron chi connectivity index (χ1n) is 12.0. The second-order valence-electron chi connectivity index (χ2n) is 8.62. The zero-order chi connectivity index (χ0) is 26.5. The zero-order valence-corrected chi connectivity index (χ0v) is 22.3. The fraction of sp³-hybridized carbons (Fsp3) is 0.185. The number of morpholine rings is 1. The van der Waals surface area contributed by atoms with E-state index in [9.17, 15) is 8.42 Å². The molecule has 4 aromatic rings. The summed E-state index contributed by atoms with van der Waals surface area (Å²) in [5.41, 5.74) is 4.46. The number of nitrogens with zero attached hydrogens (tertiary/aromatic N) is 3. The molecule has 11 heteroatoms. The molecule has 1 fully saturated rings.